The van der Waals surface area contributed by atoms with E-state index in [9.17, 15) is 5.26 Å². The van der Waals surface area contributed by atoms with Gasteiger partial charge in [-0.05, 0) is 56.2 Å². The number of aromatic nitrogens is 1. The Balaban J connectivity index is 1.75. The lowest BCUT2D eigenvalue weighted by atomic mass is 10.1. The van der Waals surface area contributed by atoms with Crippen molar-refractivity contribution in [3.63, 3.8) is 0 Å². The summed E-state index contributed by atoms with van der Waals surface area (Å²) in [7, 11) is 1.59. The number of hydrogen-bond acceptors (Lipinski definition) is 7. The number of methoxy groups -OCH3 is 1. The molecule has 0 radical (unpaired) electrons. The second-order valence-electron chi connectivity index (χ2n) is 7.48. The van der Waals surface area contributed by atoms with Crippen molar-refractivity contribution in [2.24, 2.45) is 5.10 Å². The van der Waals surface area contributed by atoms with E-state index in [1.54, 1.807) is 13.3 Å². The number of nitrogens with zero attached hydrogens (tertiary/aromatic N) is 3. The van der Waals surface area contributed by atoms with Crippen molar-refractivity contribution in [3.05, 3.63) is 82.0 Å². The average Bonchev–Trinajstić information content (AvgIpc) is 2.79. The molecule has 170 valence electrons. The molecule has 2 aromatic carbocycles. The summed E-state index contributed by atoms with van der Waals surface area (Å²) in [6.07, 6.45) is 1.65. The Bertz CT molecular complexity index is 1170. The third kappa shape index (κ3) is 6.55. The van der Waals surface area contributed by atoms with Gasteiger partial charge >= 0.3 is 0 Å². The number of pyridine rings is 1. The Morgan fingerprint density at radius 2 is 1.91 bits per heavy atom. The van der Waals surface area contributed by atoms with E-state index in [1.807, 2.05) is 50.2 Å². The van der Waals surface area contributed by atoms with Gasteiger partial charge in [0, 0.05) is 18.4 Å². The van der Waals surface area contributed by atoms with Crippen LogP contribution in [0.3, 0.4) is 0 Å². The summed E-state index contributed by atoms with van der Waals surface area (Å²) in [6, 6.07) is 17.8. The van der Waals surface area contributed by atoms with Gasteiger partial charge in [0.1, 0.15) is 18.2 Å². The maximum Gasteiger partial charge on any atom is 0.164 e. The van der Waals surface area contributed by atoms with E-state index >= 15 is 0 Å². The minimum Gasteiger partial charge on any atom is -0.490 e. The first-order chi connectivity index (χ1) is 16.0. The molecule has 0 aliphatic carbocycles. The molecule has 1 N–H and O–H groups in total. The van der Waals surface area contributed by atoms with Gasteiger partial charge in [-0.2, -0.15) is 10.4 Å². The van der Waals surface area contributed by atoms with Crippen molar-refractivity contribution in [2.75, 3.05) is 19.1 Å². The van der Waals surface area contributed by atoms with Crippen molar-refractivity contribution >= 4 is 12.0 Å². The number of nitriles is 1. The molecule has 0 bridgehead atoms. The highest BCUT2D eigenvalue weighted by Crippen LogP contribution is 2.29. The Morgan fingerprint density at radius 3 is 2.64 bits per heavy atom. The van der Waals surface area contributed by atoms with Gasteiger partial charge in [-0.1, -0.05) is 29.8 Å². The number of nitrogens with one attached hydrogen (secondary N) is 1. The van der Waals surface area contributed by atoms with Gasteiger partial charge in [0.25, 0.3) is 0 Å². The van der Waals surface area contributed by atoms with Crippen molar-refractivity contribution in [2.45, 2.75) is 34.0 Å². The Morgan fingerprint density at radius 1 is 1.06 bits per heavy atom. The third-order valence-corrected chi connectivity index (χ3v) is 4.77. The van der Waals surface area contributed by atoms with Crippen LogP contribution in [0.5, 0.6) is 11.5 Å². The quantitative estimate of drug-likeness (QED) is 0.344. The lowest BCUT2D eigenvalue weighted by Gasteiger charge is -2.13. The number of rotatable bonds is 10. The number of benzene rings is 2. The molecule has 33 heavy (non-hydrogen) atoms. The van der Waals surface area contributed by atoms with Gasteiger partial charge < -0.3 is 14.2 Å². The zero-order chi connectivity index (χ0) is 23.6. The summed E-state index contributed by atoms with van der Waals surface area (Å²) in [5.41, 5.74) is 7.93. The molecule has 0 fully saturated rings. The number of hydrazone groups is 1. The van der Waals surface area contributed by atoms with Gasteiger partial charge in [-0.25, -0.2) is 4.98 Å². The maximum atomic E-state index is 9.54. The summed E-state index contributed by atoms with van der Waals surface area (Å²) in [6.45, 7) is 7.14. The zero-order valence-electron chi connectivity index (χ0n) is 19.4. The van der Waals surface area contributed by atoms with Gasteiger partial charge in [-0.3, -0.25) is 5.43 Å². The molecule has 0 atom stereocenters. The first-order valence-electron chi connectivity index (χ1n) is 10.7. The van der Waals surface area contributed by atoms with Crippen molar-refractivity contribution in [1.82, 2.24) is 4.98 Å². The van der Waals surface area contributed by atoms with E-state index in [4.69, 9.17) is 14.2 Å². The van der Waals surface area contributed by atoms with Crippen molar-refractivity contribution < 1.29 is 14.2 Å². The van der Waals surface area contributed by atoms with E-state index in [-0.39, 0.29) is 0 Å². The number of anilines is 1. The standard InChI is InChI=1S/C26H28N4O3/c1-5-32-25-13-20(9-10-24(25)33-16-21-8-6-7-18(2)11-21)15-28-30-26-23(14-27)22(17-31-4)12-19(3)29-26/h6-13,15H,5,16-17H2,1-4H3,(H,29,30). The second kappa shape index (κ2) is 11.7. The molecule has 0 saturated heterocycles. The number of aryl methyl sites for hydroxylation is 2. The maximum absolute atomic E-state index is 9.54. The molecule has 0 saturated carbocycles. The SMILES string of the molecule is CCOc1cc(C=NNc2nc(C)cc(COC)c2C#N)ccc1OCc1cccc(C)c1. The van der Waals surface area contributed by atoms with Crippen LogP contribution in [0.15, 0.2) is 53.6 Å². The summed E-state index contributed by atoms with van der Waals surface area (Å²) in [4.78, 5) is 4.39. The highest BCUT2D eigenvalue weighted by Gasteiger charge is 2.11. The van der Waals surface area contributed by atoms with Gasteiger partial charge in [0.05, 0.1) is 19.4 Å². The molecule has 0 aliphatic heterocycles. The van der Waals surface area contributed by atoms with E-state index in [2.05, 4.69) is 40.6 Å². The average molecular weight is 445 g/mol. The molecular weight excluding hydrogens is 416 g/mol. The minimum atomic E-state index is 0.326. The van der Waals surface area contributed by atoms with Crippen molar-refractivity contribution in [3.8, 4) is 17.6 Å². The fourth-order valence-electron chi connectivity index (χ4n) is 3.34. The minimum absolute atomic E-state index is 0.326. The molecule has 0 amide bonds. The summed E-state index contributed by atoms with van der Waals surface area (Å²) in [5.74, 6) is 1.70. The Hall–Kier alpha value is -3.89. The lowest BCUT2D eigenvalue weighted by Crippen LogP contribution is -2.04. The largest absolute Gasteiger partial charge is 0.490 e. The summed E-state index contributed by atoms with van der Waals surface area (Å²) < 4.78 is 17.0. The molecule has 7 nitrogen and oxygen atoms in total. The topological polar surface area (TPSA) is 88.8 Å². The second-order valence-corrected chi connectivity index (χ2v) is 7.48. The lowest BCUT2D eigenvalue weighted by molar-refractivity contribution is 0.184. The summed E-state index contributed by atoms with van der Waals surface area (Å²) >= 11 is 0. The van der Waals surface area contributed by atoms with Gasteiger partial charge in [-0.15, -0.1) is 0 Å². The van der Waals surface area contributed by atoms with E-state index in [1.165, 1.54) is 5.56 Å². The summed E-state index contributed by atoms with van der Waals surface area (Å²) in [5, 5.41) is 13.8. The van der Waals surface area contributed by atoms with Crippen LogP contribution in [0.2, 0.25) is 0 Å². The van der Waals surface area contributed by atoms with Crippen molar-refractivity contribution in [1.29, 1.82) is 5.26 Å². The fraction of sp³-hybridized carbons (Fsp3) is 0.269. The molecular formula is C26H28N4O3. The molecule has 1 aromatic heterocycles. The molecule has 1 heterocycles. The predicted molar refractivity (Wildman–Crippen MR) is 129 cm³/mol. The van der Waals surface area contributed by atoms with Gasteiger partial charge in [0.15, 0.2) is 17.3 Å². The van der Waals surface area contributed by atoms with Crippen LogP contribution in [0.4, 0.5) is 5.82 Å². The molecule has 0 spiro atoms. The van der Waals surface area contributed by atoms with Crippen LogP contribution >= 0.6 is 0 Å². The van der Waals surface area contributed by atoms with Crippen LogP contribution in [0.1, 0.15) is 40.4 Å². The predicted octanol–water partition coefficient (Wildman–Crippen LogP) is 5.14. The molecule has 7 heteroatoms. The number of ether oxygens (including phenoxy) is 3. The molecule has 0 aliphatic rings. The van der Waals surface area contributed by atoms with Crippen LogP contribution in [0.25, 0.3) is 0 Å². The van der Waals surface area contributed by atoms with E-state index < -0.39 is 0 Å². The van der Waals surface area contributed by atoms with Crippen LogP contribution in [-0.4, -0.2) is 24.9 Å². The normalized spacial score (nSPS) is 10.8. The number of hydrogen-bond donors (Lipinski definition) is 1. The smallest absolute Gasteiger partial charge is 0.164 e. The van der Waals surface area contributed by atoms with Crippen LogP contribution in [-0.2, 0) is 18.0 Å². The van der Waals surface area contributed by atoms with E-state index in [0.717, 1.165) is 22.4 Å². The highest BCUT2D eigenvalue weighted by molar-refractivity contribution is 5.81. The zero-order valence-corrected chi connectivity index (χ0v) is 19.4. The first kappa shape index (κ1) is 23.8. The molecule has 3 aromatic rings. The Kier molecular flexibility index (Phi) is 8.39. The Labute approximate surface area is 194 Å². The molecule has 3 rings (SSSR count). The monoisotopic (exact) mass is 444 g/mol. The third-order valence-electron chi connectivity index (χ3n) is 4.77. The highest BCUT2D eigenvalue weighted by atomic mass is 16.5. The van der Waals surface area contributed by atoms with Crippen LogP contribution in [0, 0.1) is 25.2 Å². The van der Waals surface area contributed by atoms with E-state index in [0.29, 0.717) is 42.7 Å². The molecule has 0 unspecified atom stereocenters. The fourth-order valence-corrected chi connectivity index (χ4v) is 3.34. The van der Waals surface area contributed by atoms with Crippen LogP contribution < -0.4 is 14.9 Å². The van der Waals surface area contributed by atoms with Gasteiger partial charge in [0.2, 0.25) is 0 Å². The first-order valence-corrected chi connectivity index (χ1v) is 10.7.